The van der Waals surface area contributed by atoms with Gasteiger partial charge < -0.3 is 9.84 Å². The maximum Gasteiger partial charge on any atom is 0.217 e. The molecule has 0 radical (unpaired) electrons. The number of aliphatic hydroxyl groups is 1. The van der Waals surface area contributed by atoms with Gasteiger partial charge in [-0.3, -0.25) is 0 Å². The van der Waals surface area contributed by atoms with Gasteiger partial charge in [-0.05, 0) is 38.0 Å². The molecule has 0 fully saturated rings. The maximum absolute atomic E-state index is 9.11. The van der Waals surface area contributed by atoms with Crippen LogP contribution in [0.4, 0.5) is 0 Å². The number of aliphatic hydroxyl groups excluding tert-OH is 1. The van der Waals surface area contributed by atoms with E-state index in [1.165, 1.54) is 0 Å². The first-order chi connectivity index (χ1) is 8.03. The number of benzene rings is 1. The van der Waals surface area contributed by atoms with Crippen molar-refractivity contribution in [3.63, 3.8) is 0 Å². The first-order valence-corrected chi connectivity index (χ1v) is 6.44. The van der Waals surface area contributed by atoms with E-state index in [2.05, 4.69) is 20.9 Å². The Morgan fingerprint density at radius 3 is 2.82 bits per heavy atom. The lowest BCUT2D eigenvalue weighted by molar-refractivity contribution is 0.279. The van der Waals surface area contributed by atoms with Crippen LogP contribution in [0.5, 0.6) is 0 Å². The molecule has 17 heavy (non-hydrogen) atoms. The van der Waals surface area contributed by atoms with E-state index in [9.17, 15) is 0 Å². The zero-order chi connectivity index (χ0) is 12.5. The molecule has 1 heterocycles. The zero-order valence-electron chi connectivity index (χ0n) is 10.0. The lowest BCUT2D eigenvalue weighted by Crippen LogP contribution is -2.17. The minimum absolute atomic E-state index is 0.117. The number of rotatable bonds is 3. The molecular weight excluding hydrogens is 282 g/mol. The molecule has 2 rings (SSSR count). The molecule has 1 aromatic rings. The lowest BCUT2D eigenvalue weighted by atomic mass is 10.0. The van der Waals surface area contributed by atoms with Crippen LogP contribution in [0.25, 0.3) is 0 Å². The molecule has 0 bridgehead atoms. The highest BCUT2D eigenvalue weighted by Gasteiger charge is 2.28. The number of aliphatic imine (C=N–C) groups is 1. The van der Waals surface area contributed by atoms with E-state index in [4.69, 9.17) is 9.84 Å². The van der Waals surface area contributed by atoms with Crippen LogP contribution < -0.4 is 0 Å². The van der Waals surface area contributed by atoms with E-state index in [0.29, 0.717) is 18.9 Å². The van der Waals surface area contributed by atoms with Gasteiger partial charge in [-0.1, -0.05) is 22.0 Å². The van der Waals surface area contributed by atoms with Crippen LogP contribution >= 0.6 is 15.9 Å². The summed E-state index contributed by atoms with van der Waals surface area (Å²) in [6.07, 6.45) is 0.597. The summed E-state index contributed by atoms with van der Waals surface area (Å²) < 4.78 is 6.63. The summed E-state index contributed by atoms with van der Waals surface area (Å²) in [5.41, 5.74) is 1.86. The summed E-state index contributed by atoms with van der Waals surface area (Å²) in [5.74, 6) is 0.680. The minimum Gasteiger partial charge on any atom is -0.475 e. The van der Waals surface area contributed by atoms with Crippen molar-refractivity contribution < 1.29 is 9.84 Å². The highest BCUT2D eigenvalue weighted by Crippen LogP contribution is 2.26. The van der Waals surface area contributed by atoms with Crippen molar-refractivity contribution in [3.8, 4) is 0 Å². The van der Waals surface area contributed by atoms with Crippen LogP contribution in [-0.4, -0.2) is 29.8 Å². The molecule has 1 aromatic carbocycles. The van der Waals surface area contributed by atoms with Crippen LogP contribution in [0.15, 0.2) is 27.7 Å². The molecule has 0 spiro atoms. The molecular formula is C13H16BrNO2. The summed E-state index contributed by atoms with van der Waals surface area (Å²) >= 11 is 3.50. The third-order valence-corrected chi connectivity index (χ3v) is 3.42. The van der Waals surface area contributed by atoms with Crippen molar-refractivity contribution in [2.24, 2.45) is 4.99 Å². The second-order valence-electron chi connectivity index (χ2n) is 4.76. The summed E-state index contributed by atoms with van der Waals surface area (Å²) in [6.45, 7) is 4.81. The number of halogens is 1. The molecule has 1 N–H and O–H groups in total. The third kappa shape index (κ3) is 2.69. The topological polar surface area (TPSA) is 41.8 Å². The first-order valence-electron chi connectivity index (χ1n) is 5.65. The van der Waals surface area contributed by atoms with Gasteiger partial charge in [-0.2, -0.15) is 0 Å². The molecule has 0 aromatic heterocycles. The molecule has 4 heteroatoms. The van der Waals surface area contributed by atoms with Crippen molar-refractivity contribution in [1.82, 2.24) is 0 Å². The van der Waals surface area contributed by atoms with E-state index in [0.717, 1.165) is 15.6 Å². The summed E-state index contributed by atoms with van der Waals surface area (Å²) in [6, 6.07) is 5.91. The molecule has 92 valence electrons. The smallest absolute Gasteiger partial charge is 0.217 e. The molecule has 0 saturated carbocycles. The molecule has 0 atom stereocenters. The third-order valence-electron chi connectivity index (χ3n) is 2.68. The quantitative estimate of drug-likeness (QED) is 0.931. The van der Waals surface area contributed by atoms with E-state index in [1.807, 2.05) is 32.0 Å². The predicted octanol–water partition coefficient (Wildman–Crippen LogP) is 2.54. The van der Waals surface area contributed by atoms with Crippen molar-refractivity contribution in [1.29, 1.82) is 0 Å². The number of ether oxygens (including phenoxy) is 1. The average Bonchev–Trinajstić information content (AvgIpc) is 2.62. The normalized spacial score (nSPS) is 17.8. The second kappa shape index (κ2) is 4.78. The Kier molecular flexibility index (Phi) is 3.54. The van der Waals surface area contributed by atoms with Gasteiger partial charge in [0.05, 0.1) is 5.54 Å². The Hall–Kier alpha value is -0.870. The Balaban J connectivity index is 2.42. The molecule has 0 unspecified atom stereocenters. The van der Waals surface area contributed by atoms with Gasteiger partial charge in [0.15, 0.2) is 0 Å². The molecule has 0 amide bonds. The Morgan fingerprint density at radius 1 is 1.47 bits per heavy atom. The van der Waals surface area contributed by atoms with Crippen molar-refractivity contribution in [2.75, 3.05) is 13.2 Å². The van der Waals surface area contributed by atoms with Crippen LogP contribution in [-0.2, 0) is 11.2 Å². The minimum atomic E-state index is -0.159. The van der Waals surface area contributed by atoms with Crippen LogP contribution in [0, 0.1) is 0 Å². The molecule has 0 saturated heterocycles. The maximum atomic E-state index is 9.11. The lowest BCUT2D eigenvalue weighted by Gasteiger charge is -2.10. The van der Waals surface area contributed by atoms with Crippen LogP contribution in [0.2, 0.25) is 0 Å². The molecule has 3 nitrogen and oxygen atoms in total. The number of nitrogens with zero attached hydrogens (tertiary/aromatic N) is 1. The van der Waals surface area contributed by atoms with Gasteiger partial charge in [0.2, 0.25) is 5.90 Å². The van der Waals surface area contributed by atoms with Crippen LogP contribution in [0.3, 0.4) is 0 Å². The highest BCUT2D eigenvalue weighted by molar-refractivity contribution is 9.10. The number of hydrogen-bond acceptors (Lipinski definition) is 3. The fraction of sp³-hybridized carbons (Fsp3) is 0.462. The fourth-order valence-corrected chi connectivity index (χ4v) is 2.41. The number of hydrogen-bond donors (Lipinski definition) is 1. The Labute approximate surface area is 110 Å². The van der Waals surface area contributed by atoms with Crippen molar-refractivity contribution in [3.05, 3.63) is 33.8 Å². The van der Waals surface area contributed by atoms with Crippen molar-refractivity contribution in [2.45, 2.75) is 25.8 Å². The first kappa shape index (κ1) is 12.6. The average molecular weight is 298 g/mol. The van der Waals surface area contributed by atoms with Gasteiger partial charge in [0.25, 0.3) is 0 Å². The van der Waals surface area contributed by atoms with Crippen LogP contribution in [0.1, 0.15) is 25.0 Å². The Bertz CT molecular complexity index is 455. The summed E-state index contributed by atoms with van der Waals surface area (Å²) in [5, 5.41) is 9.11. The largest absolute Gasteiger partial charge is 0.475 e. The van der Waals surface area contributed by atoms with Gasteiger partial charge in [0, 0.05) is 16.6 Å². The molecule has 1 aliphatic heterocycles. The SMILES string of the molecule is CC1(C)COC(c2cccc(Br)c2CCO)=N1. The fourth-order valence-electron chi connectivity index (χ4n) is 1.85. The molecule has 0 aliphatic carbocycles. The highest BCUT2D eigenvalue weighted by atomic mass is 79.9. The van der Waals surface area contributed by atoms with Gasteiger partial charge in [-0.25, -0.2) is 4.99 Å². The standard InChI is InChI=1S/C13H16BrNO2/c1-13(2)8-17-12(15-13)10-4-3-5-11(14)9(10)6-7-16/h3-5,16H,6-8H2,1-2H3. The van der Waals surface area contributed by atoms with E-state index >= 15 is 0 Å². The van der Waals surface area contributed by atoms with Gasteiger partial charge in [0.1, 0.15) is 6.61 Å². The van der Waals surface area contributed by atoms with Gasteiger partial charge in [-0.15, -0.1) is 0 Å². The van der Waals surface area contributed by atoms with E-state index < -0.39 is 0 Å². The zero-order valence-corrected chi connectivity index (χ0v) is 11.6. The van der Waals surface area contributed by atoms with E-state index in [-0.39, 0.29) is 12.1 Å². The second-order valence-corrected chi connectivity index (χ2v) is 5.61. The monoisotopic (exact) mass is 297 g/mol. The van der Waals surface area contributed by atoms with E-state index in [1.54, 1.807) is 0 Å². The predicted molar refractivity (Wildman–Crippen MR) is 71.5 cm³/mol. The van der Waals surface area contributed by atoms with Gasteiger partial charge >= 0.3 is 0 Å². The summed E-state index contributed by atoms with van der Waals surface area (Å²) in [7, 11) is 0. The molecule has 1 aliphatic rings. The summed E-state index contributed by atoms with van der Waals surface area (Å²) in [4.78, 5) is 4.57. The van der Waals surface area contributed by atoms with Crippen molar-refractivity contribution >= 4 is 21.8 Å². The Morgan fingerprint density at radius 2 is 2.24 bits per heavy atom.